The van der Waals surface area contributed by atoms with Gasteiger partial charge in [-0.25, -0.2) is 0 Å². The lowest BCUT2D eigenvalue weighted by atomic mass is 10.0. The molecule has 20 heavy (non-hydrogen) atoms. The van der Waals surface area contributed by atoms with Gasteiger partial charge in [-0.1, -0.05) is 18.7 Å². The first kappa shape index (κ1) is 12.4. The van der Waals surface area contributed by atoms with Gasteiger partial charge in [0.1, 0.15) is 0 Å². The number of nitrogens with one attached hydrogen (secondary N) is 2. The zero-order valence-corrected chi connectivity index (χ0v) is 11.1. The Labute approximate surface area is 118 Å². The number of hydrogen-bond donors (Lipinski definition) is 2. The van der Waals surface area contributed by atoms with Crippen molar-refractivity contribution in [2.75, 3.05) is 5.32 Å². The predicted octanol–water partition coefficient (Wildman–Crippen LogP) is 3.43. The van der Waals surface area contributed by atoms with Gasteiger partial charge in [0.25, 0.3) is 0 Å². The molecule has 0 unspecified atom stereocenters. The second-order valence-corrected chi connectivity index (χ2v) is 4.71. The lowest BCUT2D eigenvalue weighted by Gasteiger charge is -2.15. The van der Waals surface area contributed by atoms with Crippen LogP contribution in [0.15, 0.2) is 66.2 Å². The summed E-state index contributed by atoms with van der Waals surface area (Å²) in [4.78, 5) is 4.00. The summed E-state index contributed by atoms with van der Waals surface area (Å²) in [6.45, 7) is 3.87. The third kappa shape index (κ3) is 2.85. The van der Waals surface area contributed by atoms with Crippen LogP contribution >= 0.6 is 0 Å². The third-order valence-corrected chi connectivity index (χ3v) is 3.20. The Hall–Kier alpha value is -2.62. The molecule has 0 saturated carbocycles. The van der Waals surface area contributed by atoms with Crippen LogP contribution in [0.1, 0.15) is 18.4 Å². The highest BCUT2D eigenvalue weighted by molar-refractivity contribution is 6.01. The number of benzene rings is 1. The zero-order valence-electron chi connectivity index (χ0n) is 11.1. The Morgan fingerprint density at radius 3 is 2.30 bits per heavy atom. The van der Waals surface area contributed by atoms with Crippen molar-refractivity contribution in [3.63, 3.8) is 0 Å². The van der Waals surface area contributed by atoms with Crippen LogP contribution in [0.2, 0.25) is 0 Å². The standard InChI is InChI=1S/C16H16N4/c1-12-2-7-16(20-19-12)13-3-5-14(6-4-13)18-15-8-10-17-11-9-15/h3-6,8-11,19H,1-2,7H2,(H,17,18). The van der Waals surface area contributed by atoms with Crippen LogP contribution in [0.25, 0.3) is 0 Å². The number of pyridine rings is 1. The topological polar surface area (TPSA) is 49.3 Å². The number of aromatic nitrogens is 1. The number of hydrogen-bond acceptors (Lipinski definition) is 4. The van der Waals surface area contributed by atoms with E-state index in [-0.39, 0.29) is 0 Å². The molecule has 2 heterocycles. The smallest absolute Gasteiger partial charge is 0.0683 e. The summed E-state index contributed by atoms with van der Waals surface area (Å²) in [5, 5.41) is 7.66. The van der Waals surface area contributed by atoms with Crippen LogP contribution in [0.3, 0.4) is 0 Å². The fourth-order valence-electron chi connectivity index (χ4n) is 2.08. The van der Waals surface area contributed by atoms with Gasteiger partial charge in [0.2, 0.25) is 0 Å². The molecule has 0 atom stereocenters. The van der Waals surface area contributed by atoms with E-state index in [1.54, 1.807) is 12.4 Å². The molecule has 1 aliphatic heterocycles. The quantitative estimate of drug-likeness (QED) is 0.893. The zero-order chi connectivity index (χ0) is 13.8. The largest absolute Gasteiger partial charge is 0.355 e. The van der Waals surface area contributed by atoms with Gasteiger partial charge >= 0.3 is 0 Å². The lowest BCUT2D eigenvalue weighted by Crippen LogP contribution is -2.17. The summed E-state index contributed by atoms with van der Waals surface area (Å²) in [5.74, 6) is 0. The Morgan fingerprint density at radius 2 is 1.65 bits per heavy atom. The highest BCUT2D eigenvalue weighted by Crippen LogP contribution is 2.19. The Balaban J connectivity index is 1.73. The first-order chi connectivity index (χ1) is 9.81. The van der Waals surface area contributed by atoms with Crippen molar-refractivity contribution in [1.82, 2.24) is 10.4 Å². The molecule has 0 amide bonds. The number of nitrogens with zero attached hydrogens (tertiary/aromatic N) is 2. The molecular weight excluding hydrogens is 248 g/mol. The molecule has 0 saturated heterocycles. The molecule has 1 aliphatic rings. The van der Waals surface area contributed by atoms with Crippen LogP contribution in [0, 0.1) is 0 Å². The number of hydrazone groups is 1. The van der Waals surface area contributed by atoms with E-state index in [1.807, 2.05) is 12.1 Å². The summed E-state index contributed by atoms with van der Waals surface area (Å²) in [7, 11) is 0. The van der Waals surface area contributed by atoms with Gasteiger partial charge in [-0.15, -0.1) is 0 Å². The number of allylic oxidation sites excluding steroid dienone is 1. The molecule has 0 radical (unpaired) electrons. The molecule has 0 bridgehead atoms. The van der Waals surface area contributed by atoms with E-state index in [9.17, 15) is 0 Å². The molecule has 2 N–H and O–H groups in total. The van der Waals surface area contributed by atoms with Crippen molar-refractivity contribution >= 4 is 17.1 Å². The Bertz CT molecular complexity index is 629. The van der Waals surface area contributed by atoms with Crippen molar-refractivity contribution in [1.29, 1.82) is 0 Å². The average Bonchev–Trinajstić information content (AvgIpc) is 2.50. The van der Waals surface area contributed by atoms with Gasteiger partial charge in [0.15, 0.2) is 0 Å². The Morgan fingerprint density at radius 1 is 0.950 bits per heavy atom. The van der Waals surface area contributed by atoms with Crippen LogP contribution in [-0.4, -0.2) is 10.7 Å². The van der Waals surface area contributed by atoms with E-state index in [2.05, 4.69) is 51.7 Å². The van der Waals surface area contributed by atoms with Crippen molar-refractivity contribution in [3.05, 3.63) is 66.6 Å². The maximum atomic E-state index is 4.33. The molecule has 0 fully saturated rings. The minimum Gasteiger partial charge on any atom is -0.355 e. The van der Waals surface area contributed by atoms with E-state index < -0.39 is 0 Å². The van der Waals surface area contributed by atoms with E-state index in [0.29, 0.717) is 0 Å². The summed E-state index contributed by atoms with van der Waals surface area (Å²) < 4.78 is 0. The van der Waals surface area contributed by atoms with Crippen LogP contribution in [-0.2, 0) is 0 Å². The van der Waals surface area contributed by atoms with Crippen molar-refractivity contribution in [2.24, 2.45) is 5.10 Å². The molecule has 1 aromatic heterocycles. The first-order valence-electron chi connectivity index (χ1n) is 6.59. The molecule has 0 aliphatic carbocycles. The SMILES string of the molecule is C=C1CCC(c2ccc(Nc3ccncc3)cc2)=NN1. The predicted molar refractivity (Wildman–Crippen MR) is 82.0 cm³/mol. The minimum absolute atomic E-state index is 0.933. The number of rotatable bonds is 3. The van der Waals surface area contributed by atoms with Crippen LogP contribution in [0.5, 0.6) is 0 Å². The monoisotopic (exact) mass is 264 g/mol. The van der Waals surface area contributed by atoms with E-state index in [1.165, 1.54) is 0 Å². The summed E-state index contributed by atoms with van der Waals surface area (Å²) in [5.41, 5.74) is 8.23. The van der Waals surface area contributed by atoms with Crippen molar-refractivity contribution in [3.8, 4) is 0 Å². The van der Waals surface area contributed by atoms with Gasteiger partial charge in [-0.3, -0.25) is 10.4 Å². The Kier molecular flexibility index (Phi) is 3.46. The second kappa shape index (κ2) is 5.57. The highest BCUT2D eigenvalue weighted by Gasteiger charge is 2.09. The average molecular weight is 264 g/mol. The van der Waals surface area contributed by atoms with Crippen LogP contribution < -0.4 is 10.7 Å². The highest BCUT2D eigenvalue weighted by atomic mass is 15.3. The van der Waals surface area contributed by atoms with Gasteiger partial charge in [0.05, 0.1) is 5.71 Å². The normalized spacial score (nSPS) is 14.4. The van der Waals surface area contributed by atoms with Crippen molar-refractivity contribution < 1.29 is 0 Å². The maximum Gasteiger partial charge on any atom is 0.0683 e. The molecule has 2 aromatic rings. The lowest BCUT2D eigenvalue weighted by molar-refractivity contribution is 0.770. The second-order valence-electron chi connectivity index (χ2n) is 4.71. The summed E-state index contributed by atoms with van der Waals surface area (Å²) >= 11 is 0. The molecule has 4 heteroatoms. The molecule has 1 aromatic carbocycles. The van der Waals surface area contributed by atoms with Gasteiger partial charge < -0.3 is 5.32 Å². The summed E-state index contributed by atoms with van der Waals surface area (Å²) in [6.07, 6.45) is 5.41. The molecule has 100 valence electrons. The fraction of sp³-hybridized carbons (Fsp3) is 0.125. The van der Waals surface area contributed by atoms with Crippen molar-refractivity contribution in [2.45, 2.75) is 12.8 Å². The van der Waals surface area contributed by atoms with Gasteiger partial charge in [-0.05, 0) is 42.7 Å². The third-order valence-electron chi connectivity index (χ3n) is 3.20. The molecule has 4 nitrogen and oxygen atoms in total. The number of anilines is 2. The minimum atomic E-state index is 0.933. The summed E-state index contributed by atoms with van der Waals surface area (Å²) in [6, 6.07) is 12.2. The fourth-order valence-corrected chi connectivity index (χ4v) is 2.08. The van der Waals surface area contributed by atoms with E-state index >= 15 is 0 Å². The van der Waals surface area contributed by atoms with Gasteiger partial charge in [0, 0.05) is 29.5 Å². The molecular formula is C16H16N4. The maximum absolute atomic E-state index is 4.33. The molecule has 0 spiro atoms. The first-order valence-corrected chi connectivity index (χ1v) is 6.59. The van der Waals surface area contributed by atoms with Crippen LogP contribution in [0.4, 0.5) is 11.4 Å². The van der Waals surface area contributed by atoms with E-state index in [4.69, 9.17) is 0 Å². The van der Waals surface area contributed by atoms with Gasteiger partial charge in [-0.2, -0.15) is 5.10 Å². The van der Waals surface area contributed by atoms with E-state index in [0.717, 1.165) is 41.2 Å². The molecule has 3 rings (SSSR count).